The maximum Gasteiger partial charge on any atom is 0.416 e. The van der Waals surface area contributed by atoms with E-state index >= 15 is 0 Å². The average Bonchev–Trinajstić information content (AvgIpc) is 2.95. The normalized spacial score (nSPS) is 18.4. The number of rotatable bonds is 10. The van der Waals surface area contributed by atoms with Crippen LogP contribution >= 0.6 is 0 Å². The number of pyridine rings is 1. The van der Waals surface area contributed by atoms with E-state index in [0.29, 0.717) is 31.6 Å². The molecule has 1 atom stereocenters. The minimum absolute atomic E-state index is 0.0517. The van der Waals surface area contributed by atoms with Crippen LogP contribution in [0.4, 0.5) is 15.4 Å². The number of aromatic nitrogens is 1. The topological polar surface area (TPSA) is 136 Å². The van der Waals surface area contributed by atoms with Gasteiger partial charge < -0.3 is 24.8 Å². The molecule has 1 aromatic carbocycles. The van der Waals surface area contributed by atoms with E-state index in [2.05, 4.69) is 10.6 Å². The molecule has 0 saturated heterocycles. The van der Waals surface area contributed by atoms with Gasteiger partial charge in [-0.15, -0.1) is 0 Å². The first-order chi connectivity index (χ1) is 20.5. The molecule has 43 heavy (non-hydrogen) atoms. The van der Waals surface area contributed by atoms with Crippen LogP contribution in [0.1, 0.15) is 63.8 Å². The van der Waals surface area contributed by atoms with Crippen LogP contribution in [-0.4, -0.2) is 60.4 Å². The molecule has 232 valence electrons. The van der Waals surface area contributed by atoms with Gasteiger partial charge in [-0.3, -0.25) is 9.69 Å². The number of hydrogen-bond acceptors (Lipinski definition) is 8. The van der Waals surface area contributed by atoms with Gasteiger partial charge >= 0.3 is 18.2 Å². The maximum atomic E-state index is 12.8. The summed E-state index contributed by atoms with van der Waals surface area (Å²) in [5, 5.41) is 5.28. The lowest BCUT2D eigenvalue weighted by molar-refractivity contribution is -0.145. The lowest BCUT2D eigenvalue weighted by Gasteiger charge is -2.35. The molecule has 1 fully saturated rings. The third kappa shape index (κ3) is 9.17. The number of anilines is 1. The van der Waals surface area contributed by atoms with Crippen molar-refractivity contribution < 1.29 is 33.4 Å². The molecule has 0 radical (unpaired) electrons. The molecule has 1 aliphatic carbocycles. The molecular formula is C32H42N4O7. The van der Waals surface area contributed by atoms with E-state index in [9.17, 15) is 19.2 Å². The van der Waals surface area contributed by atoms with Gasteiger partial charge in [-0.2, -0.15) is 0 Å². The summed E-state index contributed by atoms with van der Waals surface area (Å²) in [6.07, 6.45) is 2.60. The van der Waals surface area contributed by atoms with Gasteiger partial charge in [-0.1, -0.05) is 36.4 Å². The fourth-order valence-corrected chi connectivity index (χ4v) is 5.19. The number of carbonyl (C=O) groups excluding carboxylic acids is 4. The Morgan fingerprint density at radius 3 is 2.49 bits per heavy atom. The van der Waals surface area contributed by atoms with Gasteiger partial charge in [0.25, 0.3) is 0 Å². The number of carbonyl (C=O) groups is 4. The molecule has 2 N–H and O–H groups in total. The maximum absolute atomic E-state index is 12.8. The Bertz CT molecular complexity index is 1290. The molecule has 2 aromatic rings. The molecule has 2 aliphatic rings. The second-order valence-electron chi connectivity index (χ2n) is 12.0. The molecule has 3 amide bonds. The lowest BCUT2D eigenvalue weighted by atomic mass is 9.72. The van der Waals surface area contributed by atoms with Crippen molar-refractivity contribution in [1.82, 2.24) is 15.6 Å². The van der Waals surface area contributed by atoms with Crippen molar-refractivity contribution in [2.75, 3.05) is 24.6 Å². The van der Waals surface area contributed by atoms with Crippen molar-refractivity contribution >= 4 is 29.9 Å². The number of benzene rings is 1. The third-order valence-electron chi connectivity index (χ3n) is 7.37. The molecule has 1 aromatic heterocycles. The molecule has 4 rings (SSSR count). The quantitative estimate of drug-likeness (QED) is 0.307. The Morgan fingerprint density at radius 1 is 1.05 bits per heavy atom. The SMILES string of the molecule is CCOC(=O)C(CNC(=O)[C@H]1C[C@H](Cc2ccc3c(n2)N(C(=O)OC(C)(C)C)CCC3)C1)NC(=O)OCc1ccccc1. The largest absolute Gasteiger partial charge is 0.464 e. The third-order valence-corrected chi connectivity index (χ3v) is 7.37. The van der Waals surface area contributed by atoms with Crippen molar-refractivity contribution in [1.29, 1.82) is 0 Å². The first kappa shape index (κ1) is 31.8. The molecule has 1 aliphatic heterocycles. The molecule has 1 saturated carbocycles. The summed E-state index contributed by atoms with van der Waals surface area (Å²) in [4.78, 5) is 56.8. The molecular weight excluding hydrogens is 552 g/mol. The molecule has 11 nitrogen and oxygen atoms in total. The Labute approximate surface area is 252 Å². The minimum Gasteiger partial charge on any atom is -0.464 e. The number of nitrogens with zero attached hydrogens (tertiary/aromatic N) is 2. The van der Waals surface area contributed by atoms with E-state index in [4.69, 9.17) is 19.2 Å². The van der Waals surface area contributed by atoms with Crippen LogP contribution in [0.25, 0.3) is 0 Å². The highest BCUT2D eigenvalue weighted by Gasteiger charge is 2.36. The zero-order valence-corrected chi connectivity index (χ0v) is 25.4. The van der Waals surface area contributed by atoms with Gasteiger partial charge in [0.15, 0.2) is 0 Å². The van der Waals surface area contributed by atoms with Gasteiger partial charge in [-0.25, -0.2) is 19.4 Å². The van der Waals surface area contributed by atoms with Crippen molar-refractivity contribution in [2.24, 2.45) is 11.8 Å². The number of fused-ring (bicyclic) bond motifs is 1. The first-order valence-corrected chi connectivity index (χ1v) is 14.9. The van der Waals surface area contributed by atoms with Crippen LogP contribution in [0.2, 0.25) is 0 Å². The predicted octanol–water partition coefficient (Wildman–Crippen LogP) is 4.31. The number of aryl methyl sites for hydroxylation is 1. The average molecular weight is 595 g/mol. The number of hydrogen-bond donors (Lipinski definition) is 2. The van der Waals surface area contributed by atoms with Gasteiger partial charge in [0, 0.05) is 24.7 Å². The second-order valence-corrected chi connectivity index (χ2v) is 12.0. The smallest absolute Gasteiger partial charge is 0.416 e. The summed E-state index contributed by atoms with van der Waals surface area (Å²) in [6.45, 7) is 7.86. The number of nitrogens with one attached hydrogen (secondary N) is 2. The van der Waals surface area contributed by atoms with Gasteiger partial charge in [0.1, 0.15) is 24.1 Å². The second kappa shape index (κ2) is 14.3. The summed E-state index contributed by atoms with van der Waals surface area (Å²) in [7, 11) is 0. The van der Waals surface area contributed by atoms with Crippen LogP contribution < -0.4 is 15.5 Å². The Kier molecular flexibility index (Phi) is 10.6. The van der Waals surface area contributed by atoms with E-state index in [1.54, 1.807) is 11.8 Å². The van der Waals surface area contributed by atoms with Crippen LogP contribution in [0.15, 0.2) is 42.5 Å². The highest BCUT2D eigenvalue weighted by atomic mass is 16.6. The number of ether oxygens (including phenoxy) is 3. The number of amides is 3. The standard InChI is InChI=1S/C32H42N4O7/c1-5-41-29(38)26(35-30(39)42-20-21-10-7-6-8-11-21)19-33-28(37)24-16-22(17-24)18-25-14-13-23-12-9-15-36(27(23)34-25)31(40)43-32(2,3)4/h6-8,10-11,13-14,22,24,26H,5,9,12,15-20H2,1-4H3,(H,33,37)(H,35,39)/t22-,24-,26?. The van der Waals surface area contributed by atoms with E-state index in [-0.39, 0.29) is 37.5 Å². The van der Waals surface area contributed by atoms with Gasteiger partial charge in [0.2, 0.25) is 5.91 Å². The van der Waals surface area contributed by atoms with Crippen molar-refractivity contribution in [3.63, 3.8) is 0 Å². The minimum atomic E-state index is -1.07. The first-order valence-electron chi connectivity index (χ1n) is 14.9. The predicted molar refractivity (Wildman–Crippen MR) is 159 cm³/mol. The van der Waals surface area contributed by atoms with Crippen molar-refractivity contribution in [3.8, 4) is 0 Å². The van der Waals surface area contributed by atoms with Crippen LogP contribution in [0.5, 0.6) is 0 Å². The van der Waals surface area contributed by atoms with Crippen molar-refractivity contribution in [3.05, 3.63) is 59.3 Å². The van der Waals surface area contributed by atoms with E-state index in [1.807, 2.05) is 63.2 Å². The van der Waals surface area contributed by atoms with Crippen LogP contribution in [0, 0.1) is 11.8 Å². The fraction of sp³-hybridized carbons (Fsp3) is 0.531. The zero-order valence-electron chi connectivity index (χ0n) is 25.4. The number of alkyl carbamates (subject to hydrolysis) is 1. The summed E-state index contributed by atoms with van der Waals surface area (Å²) in [6, 6.07) is 12.1. The lowest BCUT2D eigenvalue weighted by Crippen LogP contribution is -2.51. The molecule has 2 heterocycles. The van der Waals surface area contributed by atoms with E-state index in [1.165, 1.54) is 0 Å². The zero-order chi connectivity index (χ0) is 31.0. The summed E-state index contributed by atoms with van der Waals surface area (Å²) in [5.74, 6) is -0.101. The highest BCUT2D eigenvalue weighted by molar-refractivity contribution is 5.88. The summed E-state index contributed by atoms with van der Waals surface area (Å²) >= 11 is 0. The van der Waals surface area contributed by atoms with Crippen LogP contribution in [-0.2, 0) is 43.2 Å². The summed E-state index contributed by atoms with van der Waals surface area (Å²) < 4.78 is 15.9. The highest BCUT2D eigenvalue weighted by Crippen LogP contribution is 2.37. The van der Waals surface area contributed by atoms with Gasteiger partial charge in [0.05, 0.1) is 6.61 Å². The summed E-state index contributed by atoms with van der Waals surface area (Å²) in [5.41, 5.74) is 2.12. The Hall–Kier alpha value is -4.15. The van der Waals surface area contributed by atoms with E-state index < -0.39 is 29.8 Å². The molecule has 0 spiro atoms. The molecule has 0 bridgehead atoms. The molecule has 1 unspecified atom stereocenters. The Balaban J connectivity index is 1.26. The Morgan fingerprint density at radius 2 is 1.79 bits per heavy atom. The van der Waals surface area contributed by atoms with Crippen LogP contribution in [0.3, 0.4) is 0 Å². The van der Waals surface area contributed by atoms with E-state index in [0.717, 1.165) is 29.7 Å². The fourth-order valence-electron chi connectivity index (χ4n) is 5.19. The molecule has 11 heteroatoms. The van der Waals surface area contributed by atoms with Gasteiger partial charge in [-0.05, 0) is 82.9 Å². The van der Waals surface area contributed by atoms with Crippen molar-refractivity contribution in [2.45, 2.75) is 78.0 Å². The monoisotopic (exact) mass is 594 g/mol. The number of esters is 1.